The number of amides is 2. The molecule has 0 saturated heterocycles. The summed E-state index contributed by atoms with van der Waals surface area (Å²) in [5.74, 6) is 0.267. The maximum atomic E-state index is 13.4. The molecule has 0 aromatic heterocycles. The second-order valence-electron chi connectivity index (χ2n) is 8.46. The zero-order chi connectivity index (χ0) is 22.2. The van der Waals surface area contributed by atoms with Gasteiger partial charge in [0.2, 0.25) is 5.91 Å². The number of nitrogens with zero attached hydrogens (tertiary/aromatic N) is 1. The highest BCUT2D eigenvalue weighted by molar-refractivity contribution is 6.06. The molecule has 0 heterocycles. The number of anilines is 1. The van der Waals surface area contributed by atoms with Gasteiger partial charge in [-0.15, -0.1) is 0 Å². The summed E-state index contributed by atoms with van der Waals surface area (Å²) >= 11 is 0. The molecule has 0 unspecified atom stereocenters. The van der Waals surface area contributed by atoms with Crippen LogP contribution in [0.4, 0.5) is 5.69 Å². The molecular weight excluding hydrogens is 396 g/mol. The standard InChI is InChI=1S/C28H30N2O2/c31-27(24-12-6-2-7-13-24)29-20-22-16-18-25(19-17-22)28(32)30(26-14-8-3-9-15-26)21-23-10-4-1-5-11-23/h1,3-5,8-11,14-19,24H,2,6-7,12-13,20-21H2,(H,29,31). The quantitative estimate of drug-likeness (QED) is 0.524. The van der Waals surface area contributed by atoms with Crippen molar-refractivity contribution in [2.45, 2.75) is 45.2 Å². The van der Waals surface area contributed by atoms with Gasteiger partial charge in [0.05, 0.1) is 6.54 Å². The van der Waals surface area contributed by atoms with E-state index in [1.165, 1.54) is 6.42 Å². The van der Waals surface area contributed by atoms with Crippen LogP contribution in [-0.2, 0) is 17.9 Å². The summed E-state index contributed by atoms with van der Waals surface area (Å²) in [4.78, 5) is 27.6. The lowest BCUT2D eigenvalue weighted by Crippen LogP contribution is -2.31. The molecule has 2 amide bonds. The normalized spacial score (nSPS) is 14.0. The lowest BCUT2D eigenvalue weighted by atomic mass is 9.88. The Morgan fingerprint density at radius 1 is 0.750 bits per heavy atom. The van der Waals surface area contributed by atoms with Crippen molar-refractivity contribution in [1.29, 1.82) is 0 Å². The topological polar surface area (TPSA) is 49.4 Å². The zero-order valence-corrected chi connectivity index (χ0v) is 18.4. The number of para-hydroxylation sites is 1. The summed E-state index contributed by atoms with van der Waals surface area (Å²) in [6, 6.07) is 27.3. The van der Waals surface area contributed by atoms with Gasteiger partial charge in [-0.2, -0.15) is 0 Å². The summed E-state index contributed by atoms with van der Waals surface area (Å²) < 4.78 is 0. The van der Waals surface area contributed by atoms with Crippen LogP contribution in [0.5, 0.6) is 0 Å². The first-order chi connectivity index (χ1) is 15.7. The van der Waals surface area contributed by atoms with Crippen molar-refractivity contribution >= 4 is 17.5 Å². The van der Waals surface area contributed by atoms with E-state index in [1.807, 2.05) is 84.9 Å². The monoisotopic (exact) mass is 426 g/mol. The zero-order valence-electron chi connectivity index (χ0n) is 18.4. The molecule has 3 aromatic rings. The Bertz CT molecular complexity index is 1010. The lowest BCUT2D eigenvalue weighted by Gasteiger charge is -2.23. The van der Waals surface area contributed by atoms with Gasteiger partial charge in [-0.25, -0.2) is 0 Å². The maximum Gasteiger partial charge on any atom is 0.258 e. The molecule has 1 N–H and O–H groups in total. The second-order valence-corrected chi connectivity index (χ2v) is 8.46. The molecule has 1 fully saturated rings. The third-order valence-corrected chi connectivity index (χ3v) is 6.14. The van der Waals surface area contributed by atoms with Gasteiger partial charge in [-0.05, 0) is 48.2 Å². The number of rotatable bonds is 7. The average Bonchev–Trinajstić information content (AvgIpc) is 2.87. The number of carbonyl (C=O) groups is 2. The second kappa shape index (κ2) is 10.8. The van der Waals surface area contributed by atoms with E-state index < -0.39 is 0 Å². The summed E-state index contributed by atoms with van der Waals surface area (Å²) in [6.45, 7) is 0.999. The number of hydrogen-bond acceptors (Lipinski definition) is 2. The van der Waals surface area contributed by atoms with E-state index in [1.54, 1.807) is 4.90 Å². The number of benzene rings is 3. The van der Waals surface area contributed by atoms with E-state index in [2.05, 4.69) is 5.32 Å². The van der Waals surface area contributed by atoms with E-state index >= 15 is 0 Å². The number of carbonyl (C=O) groups excluding carboxylic acids is 2. The van der Waals surface area contributed by atoms with Crippen molar-refractivity contribution in [1.82, 2.24) is 5.32 Å². The van der Waals surface area contributed by atoms with E-state index in [-0.39, 0.29) is 17.7 Å². The fourth-order valence-corrected chi connectivity index (χ4v) is 4.27. The Kier molecular flexibility index (Phi) is 7.34. The summed E-state index contributed by atoms with van der Waals surface area (Å²) in [5, 5.41) is 3.06. The Morgan fingerprint density at radius 2 is 1.38 bits per heavy atom. The molecule has 32 heavy (non-hydrogen) atoms. The summed E-state index contributed by atoms with van der Waals surface area (Å²) in [6.07, 6.45) is 5.53. The molecule has 1 aliphatic carbocycles. The van der Waals surface area contributed by atoms with E-state index in [0.29, 0.717) is 18.7 Å². The molecule has 4 heteroatoms. The van der Waals surface area contributed by atoms with Gasteiger partial charge in [-0.3, -0.25) is 9.59 Å². The first-order valence-corrected chi connectivity index (χ1v) is 11.5. The van der Waals surface area contributed by atoms with Crippen LogP contribution >= 0.6 is 0 Å². The molecule has 1 saturated carbocycles. The number of hydrogen-bond donors (Lipinski definition) is 1. The SMILES string of the molecule is O=C(NCc1ccc(C(=O)N(Cc2ccccc2)c2ccccc2)cc1)C1CCCCC1. The Balaban J connectivity index is 1.43. The fraction of sp³-hybridized carbons (Fsp3) is 0.286. The van der Waals surface area contributed by atoms with Gasteiger partial charge in [0.15, 0.2) is 0 Å². The van der Waals surface area contributed by atoms with Crippen LogP contribution in [0.3, 0.4) is 0 Å². The highest BCUT2D eigenvalue weighted by Crippen LogP contribution is 2.24. The van der Waals surface area contributed by atoms with Crippen molar-refractivity contribution in [3.63, 3.8) is 0 Å². The van der Waals surface area contributed by atoms with Crippen LogP contribution in [-0.4, -0.2) is 11.8 Å². The first-order valence-electron chi connectivity index (χ1n) is 11.5. The fourth-order valence-electron chi connectivity index (χ4n) is 4.27. The minimum atomic E-state index is -0.0437. The van der Waals surface area contributed by atoms with Crippen molar-refractivity contribution in [2.75, 3.05) is 4.90 Å². The molecule has 1 aliphatic rings. The predicted octanol–water partition coefficient (Wildman–Crippen LogP) is 5.73. The van der Waals surface area contributed by atoms with Crippen LogP contribution in [0.1, 0.15) is 53.6 Å². The van der Waals surface area contributed by atoms with Gasteiger partial charge in [0.25, 0.3) is 5.91 Å². The van der Waals surface area contributed by atoms with E-state index in [4.69, 9.17) is 0 Å². The van der Waals surface area contributed by atoms with E-state index in [9.17, 15) is 9.59 Å². The average molecular weight is 427 g/mol. The lowest BCUT2D eigenvalue weighted by molar-refractivity contribution is -0.126. The van der Waals surface area contributed by atoms with Crippen molar-refractivity contribution in [2.24, 2.45) is 5.92 Å². The maximum absolute atomic E-state index is 13.4. The minimum absolute atomic E-state index is 0.0437. The van der Waals surface area contributed by atoms with Crippen molar-refractivity contribution in [3.8, 4) is 0 Å². The van der Waals surface area contributed by atoms with Crippen molar-refractivity contribution in [3.05, 3.63) is 102 Å². The molecule has 0 bridgehead atoms. The summed E-state index contributed by atoms with van der Waals surface area (Å²) in [5.41, 5.74) is 3.57. The first kappa shape index (κ1) is 21.8. The molecule has 0 spiro atoms. The van der Waals surface area contributed by atoms with E-state index in [0.717, 1.165) is 42.5 Å². The van der Waals surface area contributed by atoms with Crippen LogP contribution in [0.15, 0.2) is 84.9 Å². The van der Waals surface area contributed by atoms with Crippen LogP contribution in [0.2, 0.25) is 0 Å². The van der Waals surface area contributed by atoms with Crippen LogP contribution < -0.4 is 10.2 Å². The highest BCUT2D eigenvalue weighted by atomic mass is 16.2. The summed E-state index contributed by atoms with van der Waals surface area (Å²) in [7, 11) is 0. The third-order valence-electron chi connectivity index (χ3n) is 6.14. The largest absolute Gasteiger partial charge is 0.352 e. The van der Waals surface area contributed by atoms with Gasteiger partial charge < -0.3 is 10.2 Å². The molecule has 0 radical (unpaired) electrons. The molecule has 0 aliphatic heterocycles. The minimum Gasteiger partial charge on any atom is -0.352 e. The van der Waals surface area contributed by atoms with Gasteiger partial charge in [0.1, 0.15) is 0 Å². The Hall–Kier alpha value is -3.40. The Morgan fingerprint density at radius 3 is 2.03 bits per heavy atom. The van der Waals surface area contributed by atoms with Gasteiger partial charge in [-0.1, -0.05) is 79.9 Å². The van der Waals surface area contributed by atoms with Gasteiger partial charge in [0, 0.05) is 23.7 Å². The van der Waals surface area contributed by atoms with Crippen LogP contribution in [0, 0.1) is 5.92 Å². The number of nitrogens with one attached hydrogen (secondary N) is 1. The predicted molar refractivity (Wildman–Crippen MR) is 128 cm³/mol. The molecule has 4 nitrogen and oxygen atoms in total. The Labute approximate surface area is 190 Å². The van der Waals surface area contributed by atoms with Gasteiger partial charge >= 0.3 is 0 Å². The molecule has 0 atom stereocenters. The van der Waals surface area contributed by atoms with Crippen LogP contribution in [0.25, 0.3) is 0 Å². The smallest absolute Gasteiger partial charge is 0.258 e. The molecule has 3 aromatic carbocycles. The van der Waals surface area contributed by atoms with Crippen molar-refractivity contribution < 1.29 is 9.59 Å². The highest BCUT2D eigenvalue weighted by Gasteiger charge is 2.21. The molecule has 164 valence electrons. The molecule has 4 rings (SSSR count). The molecular formula is C28H30N2O2. The third kappa shape index (κ3) is 5.64.